The highest BCUT2D eigenvalue weighted by Crippen LogP contribution is 2.28. The third kappa shape index (κ3) is 3.54. The summed E-state index contributed by atoms with van der Waals surface area (Å²) < 4.78 is 30.8. The van der Waals surface area contributed by atoms with Crippen molar-refractivity contribution in [1.29, 1.82) is 0 Å². The van der Waals surface area contributed by atoms with Crippen molar-refractivity contribution in [1.82, 2.24) is 29.9 Å². The normalized spacial score (nSPS) is 15.0. The van der Waals surface area contributed by atoms with Gasteiger partial charge >= 0.3 is 0 Å². The molecule has 0 bridgehead atoms. The molecule has 1 fully saturated rings. The Morgan fingerprint density at radius 1 is 0.966 bits per heavy atom. The molecule has 4 heterocycles. The summed E-state index contributed by atoms with van der Waals surface area (Å²) in [6, 6.07) is 4.41. The van der Waals surface area contributed by atoms with Crippen LogP contribution < -0.4 is 5.32 Å². The molecule has 9 heteroatoms. The summed E-state index contributed by atoms with van der Waals surface area (Å²) in [5.41, 5.74) is 2.56. The lowest BCUT2D eigenvalue weighted by Crippen LogP contribution is -2.27. The number of hydrogen-bond donors (Lipinski definition) is 1. The van der Waals surface area contributed by atoms with Gasteiger partial charge in [0.05, 0.1) is 5.69 Å². The van der Waals surface area contributed by atoms with E-state index < -0.39 is 11.6 Å². The Bertz CT molecular complexity index is 1200. The Kier molecular flexibility index (Phi) is 5.14. The first kappa shape index (κ1) is 19.6. The average molecular weight is 417 g/mol. The first-order valence-corrected chi connectivity index (χ1v) is 9.28. The van der Waals surface area contributed by atoms with E-state index in [1.807, 2.05) is 0 Å². The summed E-state index contributed by atoms with van der Waals surface area (Å²) in [6.45, 7) is 3.59. The van der Waals surface area contributed by atoms with Gasteiger partial charge in [-0.15, -0.1) is 22.6 Å². The van der Waals surface area contributed by atoms with Crippen molar-refractivity contribution < 1.29 is 8.78 Å². The smallest absolute Gasteiger partial charge is 0.173 e. The van der Waals surface area contributed by atoms with Crippen molar-refractivity contribution in [2.45, 2.75) is 25.7 Å². The lowest BCUT2D eigenvalue weighted by atomic mass is 9.97. The lowest BCUT2D eigenvalue weighted by molar-refractivity contribution is 0.442. The van der Waals surface area contributed by atoms with Gasteiger partial charge in [0, 0.05) is 23.9 Å². The minimum Gasteiger partial charge on any atom is -0.317 e. The Hall–Kier alpha value is -2.71. The zero-order chi connectivity index (χ0) is 19.3. The number of pyridine rings is 1. The predicted octanol–water partition coefficient (Wildman–Crippen LogP) is 3.81. The maximum absolute atomic E-state index is 14.8. The van der Waals surface area contributed by atoms with Crippen LogP contribution in [0.2, 0.25) is 0 Å². The van der Waals surface area contributed by atoms with Gasteiger partial charge in [0.15, 0.2) is 23.1 Å². The fourth-order valence-electron chi connectivity index (χ4n) is 3.77. The van der Waals surface area contributed by atoms with E-state index >= 15 is 0 Å². The van der Waals surface area contributed by atoms with Crippen LogP contribution in [0.4, 0.5) is 8.78 Å². The number of rotatable bonds is 2. The minimum atomic E-state index is -0.486. The van der Waals surface area contributed by atoms with E-state index in [9.17, 15) is 8.78 Å². The first-order chi connectivity index (χ1) is 13.6. The summed E-state index contributed by atoms with van der Waals surface area (Å²) >= 11 is 0. The molecule has 0 aliphatic carbocycles. The summed E-state index contributed by atoms with van der Waals surface area (Å²) in [4.78, 5) is 8.58. The molecule has 4 aromatic rings. The molecule has 5 rings (SSSR count). The van der Waals surface area contributed by atoms with Gasteiger partial charge in [-0.2, -0.15) is 0 Å². The molecule has 1 aliphatic heterocycles. The highest BCUT2D eigenvalue weighted by Gasteiger charge is 2.20. The molecule has 1 N–H and O–H groups in total. The Labute approximate surface area is 171 Å². The zero-order valence-corrected chi connectivity index (χ0v) is 16.5. The lowest BCUT2D eigenvalue weighted by Gasteiger charge is -2.20. The average Bonchev–Trinajstić information content (AvgIpc) is 3.09. The van der Waals surface area contributed by atoms with Gasteiger partial charge < -0.3 is 9.72 Å². The van der Waals surface area contributed by atoms with Crippen LogP contribution in [0, 0.1) is 18.6 Å². The molecular formula is C20H19ClF2N6. The largest absolute Gasteiger partial charge is 0.317 e. The molecule has 6 nitrogen and oxygen atoms in total. The van der Waals surface area contributed by atoms with Crippen LogP contribution >= 0.6 is 12.4 Å². The van der Waals surface area contributed by atoms with Gasteiger partial charge in [-0.25, -0.2) is 18.7 Å². The molecule has 0 unspecified atom stereocenters. The van der Waals surface area contributed by atoms with Crippen molar-refractivity contribution in [2.24, 2.45) is 0 Å². The van der Waals surface area contributed by atoms with E-state index in [0.717, 1.165) is 25.9 Å². The molecule has 150 valence electrons. The third-order valence-corrected chi connectivity index (χ3v) is 5.19. The molecule has 0 radical (unpaired) electrons. The molecule has 3 aromatic heterocycles. The van der Waals surface area contributed by atoms with E-state index in [1.54, 1.807) is 29.8 Å². The number of hydrogen-bond acceptors (Lipinski definition) is 5. The van der Waals surface area contributed by atoms with Gasteiger partial charge in [-0.3, -0.25) is 0 Å². The summed E-state index contributed by atoms with van der Waals surface area (Å²) in [7, 11) is 0. The number of halogens is 3. The number of aromatic nitrogens is 5. The van der Waals surface area contributed by atoms with Crippen LogP contribution in [0.5, 0.6) is 0 Å². The Balaban J connectivity index is 0.00000205. The SMILES string of the molecule is Cc1cn2cc(-c3cc(F)c4nc(C5CCNCC5)nnc4c3)cc(F)c2n1.Cl. The minimum absolute atomic E-state index is 0. The number of nitrogens with one attached hydrogen (secondary N) is 1. The van der Waals surface area contributed by atoms with Crippen LogP contribution in [0.3, 0.4) is 0 Å². The summed E-state index contributed by atoms with van der Waals surface area (Å²) in [5.74, 6) is -0.170. The van der Waals surface area contributed by atoms with Crippen molar-refractivity contribution in [3.63, 3.8) is 0 Å². The van der Waals surface area contributed by atoms with Gasteiger partial charge in [0.2, 0.25) is 0 Å². The third-order valence-electron chi connectivity index (χ3n) is 5.19. The number of benzene rings is 1. The van der Waals surface area contributed by atoms with Crippen LogP contribution in [0.1, 0.15) is 30.3 Å². The van der Waals surface area contributed by atoms with E-state index in [2.05, 4.69) is 25.5 Å². The second-order valence-electron chi connectivity index (χ2n) is 7.21. The fourth-order valence-corrected chi connectivity index (χ4v) is 3.77. The second-order valence-corrected chi connectivity index (χ2v) is 7.21. The van der Waals surface area contributed by atoms with Crippen molar-refractivity contribution in [2.75, 3.05) is 13.1 Å². The molecule has 29 heavy (non-hydrogen) atoms. The van der Waals surface area contributed by atoms with Crippen molar-refractivity contribution in [3.05, 3.63) is 53.7 Å². The number of fused-ring (bicyclic) bond motifs is 2. The quantitative estimate of drug-likeness (QED) is 0.538. The monoisotopic (exact) mass is 416 g/mol. The Morgan fingerprint density at radius 3 is 2.52 bits per heavy atom. The molecule has 0 saturated carbocycles. The molecular weight excluding hydrogens is 398 g/mol. The topological polar surface area (TPSA) is 68.0 Å². The van der Waals surface area contributed by atoms with Gasteiger partial charge in [0.25, 0.3) is 0 Å². The van der Waals surface area contributed by atoms with Gasteiger partial charge in [-0.1, -0.05) is 0 Å². The molecule has 1 saturated heterocycles. The summed E-state index contributed by atoms with van der Waals surface area (Å²) in [5, 5.41) is 11.7. The molecule has 0 atom stereocenters. The molecule has 1 aromatic carbocycles. The van der Waals surface area contributed by atoms with Crippen LogP contribution in [-0.2, 0) is 0 Å². The highest BCUT2D eigenvalue weighted by atomic mass is 35.5. The Morgan fingerprint density at radius 2 is 1.72 bits per heavy atom. The number of piperidine rings is 1. The maximum atomic E-state index is 14.8. The van der Waals surface area contributed by atoms with Crippen LogP contribution in [0.15, 0.2) is 30.6 Å². The number of imidazole rings is 1. The fraction of sp³-hybridized carbons (Fsp3) is 0.300. The first-order valence-electron chi connectivity index (χ1n) is 9.28. The van der Waals surface area contributed by atoms with Crippen molar-refractivity contribution in [3.8, 4) is 11.1 Å². The van der Waals surface area contributed by atoms with Crippen LogP contribution in [0.25, 0.3) is 27.8 Å². The number of nitrogens with zero attached hydrogens (tertiary/aromatic N) is 5. The van der Waals surface area contributed by atoms with E-state index in [1.165, 1.54) is 12.1 Å². The van der Waals surface area contributed by atoms with Gasteiger partial charge in [-0.05, 0) is 56.6 Å². The number of aryl methyl sites for hydroxylation is 1. The molecule has 0 spiro atoms. The second kappa shape index (κ2) is 7.61. The zero-order valence-electron chi connectivity index (χ0n) is 15.7. The van der Waals surface area contributed by atoms with Gasteiger partial charge in [0.1, 0.15) is 11.0 Å². The van der Waals surface area contributed by atoms with Crippen LogP contribution in [-0.4, -0.2) is 37.7 Å². The van der Waals surface area contributed by atoms with E-state index in [4.69, 9.17) is 0 Å². The van der Waals surface area contributed by atoms with Crippen molar-refractivity contribution >= 4 is 29.1 Å². The highest BCUT2D eigenvalue weighted by molar-refractivity contribution is 5.85. The molecule has 1 aliphatic rings. The maximum Gasteiger partial charge on any atom is 0.173 e. The standard InChI is InChI=1S/C20H18F2N6.ClH/c1-11-9-28-10-14(7-16(22)20(28)24-11)13-6-15(21)18-17(8-13)26-27-19(25-18)12-2-4-23-5-3-12;/h6-10,12,23H,2-5H2,1H3;1H. The van der Waals surface area contributed by atoms with E-state index in [0.29, 0.717) is 28.2 Å². The predicted molar refractivity (Wildman–Crippen MR) is 108 cm³/mol. The molecule has 0 amide bonds. The summed E-state index contributed by atoms with van der Waals surface area (Å²) in [6.07, 6.45) is 5.28. The van der Waals surface area contributed by atoms with E-state index in [-0.39, 0.29) is 29.5 Å².